The summed E-state index contributed by atoms with van der Waals surface area (Å²) in [6.45, 7) is 1.61. The largest absolute Gasteiger partial charge is 0.294 e. The molecular formula is C10H9Cl3N2O3S. The Morgan fingerprint density at radius 1 is 1.37 bits per heavy atom. The molecule has 2 heterocycles. The van der Waals surface area contributed by atoms with Gasteiger partial charge in [0, 0.05) is 23.6 Å². The summed E-state index contributed by atoms with van der Waals surface area (Å²) in [5, 5.41) is -0.381. The van der Waals surface area contributed by atoms with Gasteiger partial charge in [0.2, 0.25) is 15.0 Å². The summed E-state index contributed by atoms with van der Waals surface area (Å²) < 4.78 is 22.5. The number of carbonyl (C=O) groups is 1. The Kier molecular flexibility index (Phi) is 3.97. The van der Waals surface area contributed by atoms with Gasteiger partial charge in [-0.3, -0.25) is 9.69 Å². The lowest BCUT2D eigenvalue weighted by molar-refractivity contribution is -0.117. The summed E-state index contributed by atoms with van der Waals surface area (Å²) in [5.74, 6) is -0.179. The molecule has 9 heteroatoms. The second-order valence-electron chi connectivity index (χ2n) is 4.17. The fourth-order valence-corrected chi connectivity index (χ4v) is 3.29. The number of anilines is 1. The molecule has 1 aliphatic heterocycles. The minimum Gasteiger partial charge on any atom is -0.294 e. The third kappa shape index (κ3) is 2.97. The summed E-state index contributed by atoms with van der Waals surface area (Å²) in [7, 11) is 1.48. The van der Waals surface area contributed by atoms with Gasteiger partial charge >= 0.3 is 0 Å². The van der Waals surface area contributed by atoms with Gasteiger partial charge in [0.15, 0.2) is 5.82 Å². The van der Waals surface area contributed by atoms with Gasteiger partial charge in [0.1, 0.15) is 5.25 Å². The Hall–Kier alpha value is -0.560. The van der Waals surface area contributed by atoms with E-state index in [1.807, 2.05) is 0 Å². The van der Waals surface area contributed by atoms with Crippen molar-refractivity contribution < 1.29 is 13.2 Å². The van der Waals surface area contributed by atoms with Crippen molar-refractivity contribution in [3.63, 3.8) is 0 Å². The van der Waals surface area contributed by atoms with E-state index >= 15 is 0 Å². The smallest absolute Gasteiger partial charge is 0.237 e. The lowest BCUT2D eigenvalue weighted by atomic mass is 10.3. The van der Waals surface area contributed by atoms with Crippen LogP contribution < -0.4 is 4.90 Å². The molecule has 1 amide bonds. The van der Waals surface area contributed by atoms with Gasteiger partial charge in [-0.05, 0) is 13.0 Å². The van der Waals surface area contributed by atoms with E-state index in [1.165, 1.54) is 11.0 Å². The maximum atomic E-state index is 11.9. The van der Waals surface area contributed by atoms with Crippen LogP contribution in [0.25, 0.3) is 0 Å². The number of aromatic nitrogens is 1. The van der Waals surface area contributed by atoms with Crippen molar-refractivity contribution in [2.75, 3.05) is 11.4 Å². The van der Waals surface area contributed by atoms with E-state index < -0.39 is 14.3 Å². The normalized spacial score (nSPS) is 20.1. The Morgan fingerprint density at radius 2 is 2.00 bits per heavy atom. The molecule has 0 radical (unpaired) electrons. The topological polar surface area (TPSA) is 67.3 Å². The van der Waals surface area contributed by atoms with Crippen LogP contribution in [0.2, 0.25) is 10.0 Å². The molecule has 19 heavy (non-hydrogen) atoms. The molecule has 0 N–H and O–H groups in total. The van der Waals surface area contributed by atoms with Gasteiger partial charge < -0.3 is 0 Å². The fourth-order valence-electron chi connectivity index (χ4n) is 1.80. The van der Waals surface area contributed by atoms with Crippen molar-refractivity contribution in [3.8, 4) is 0 Å². The third-order valence-electron chi connectivity index (χ3n) is 2.83. The lowest BCUT2D eigenvalue weighted by Gasteiger charge is -2.17. The first kappa shape index (κ1) is 14.8. The average Bonchev–Trinajstić information content (AvgIpc) is 2.65. The minimum atomic E-state index is -3.79. The third-order valence-corrected chi connectivity index (χ3v) is 5.36. The minimum absolute atomic E-state index is 0.0571. The molecule has 0 bridgehead atoms. The molecular weight excluding hydrogens is 335 g/mol. The highest BCUT2D eigenvalue weighted by Crippen LogP contribution is 2.32. The first-order valence-electron chi connectivity index (χ1n) is 5.26. The van der Waals surface area contributed by atoms with E-state index in [1.54, 1.807) is 6.92 Å². The summed E-state index contributed by atoms with van der Waals surface area (Å²) >= 11 is 11.8. The number of nitrogens with zero attached hydrogens (tertiary/aromatic N) is 2. The zero-order valence-corrected chi connectivity index (χ0v) is 12.8. The summed E-state index contributed by atoms with van der Waals surface area (Å²) in [6, 6.07) is 1.47. The van der Waals surface area contributed by atoms with E-state index in [0.717, 1.165) is 0 Å². The van der Waals surface area contributed by atoms with E-state index in [2.05, 4.69) is 4.98 Å². The molecule has 1 fully saturated rings. The molecule has 104 valence electrons. The quantitative estimate of drug-likeness (QED) is 0.773. The number of hydrogen-bond donors (Lipinski definition) is 0. The number of amides is 1. The first-order chi connectivity index (χ1) is 8.70. The predicted octanol–water partition coefficient (Wildman–Crippen LogP) is 2.37. The van der Waals surface area contributed by atoms with Crippen molar-refractivity contribution in [1.82, 2.24) is 4.98 Å². The van der Waals surface area contributed by atoms with Gasteiger partial charge in [0.05, 0.1) is 15.7 Å². The van der Waals surface area contributed by atoms with E-state index in [-0.39, 0.29) is 29.7 Å². The van der Waals surface area contributed by atoms with Gasteiger partial charge in [0.25, 0.3) is 0 Å². The van der Waals surface area contributed by atoms with E-state index in [4.69, 9.17) is 33.9 Å². The van der Waals surface area contributed by atoms with Crippen LogP contribution in [-0.2, 0) is 13.8 Å². The number of halogens is 3. The van der Waals surface area contributed by atoms with Crippen molar-refractivity contribution in [1.29, 1.82) is 0 Å². The second-order valence-corrected chi connectivity index (χ2v) is 7.89. The van der Waals surface area contributed by atoms with Crippen LogP contribution in [0.5, 0.6) is 0 Å². The van der Waals surface area contributed by atoms with Gasteiger partial charge in [-0.2, -0.15) is 0 Å². The Bertz CT molecular complexity index is 648. The monoisotopic (exact) mass is 342 g/mol. The Balaban J connectivity index is 2.39. The van der Waals surface area contributed by atoms with Crippen LogP contribution in [-0.4, -0.2) is 31.1 Å². The molecule has 0 aromatic carbocycles. The molecule has 1 aromatic rings. The van der Waals surface area contributed by atoms with Crippen molar-refractivity contribution in [2.45, 2.75) is 18.6 Å². The molecule has 1 atom stereocenters. The summed E-state index contributed by atoms with van der Waals surface area (Å²) in [5.41, 5.74) is 0.506. The van der Waals surface area contributed by atoms with Crippen molar-refractivity contribution >= 4 is 54.7 Å². The van der Waals surface area contributed by atoms with Crippen LogP contribution in [0.15, 0.2) is 6.07 Å². The summed E-state index contributed by atoms with van der Waals surface area (Å²) in [6.07, 6.45) is -0.175. The number of pyridine rings is 1. The van der Waals surface area contributed by atoms with Gasteiger partial charge in [-0.25, -0.2) is 13.4 Å². The van der Waals surface area contributed by atoms with Gasteiger partial charge in [-0.15, -0.1) is 0 Å². The van der Waals surface area contributed by atoms with Crippen LogP contribution in [0.4, 0.5) is 5.82 Å². The zero-order chi connectivity index (χ0) is 14.4. The van der Waals surface area contributed by atoms with Gasteiger partial charge in [-0.1, -0.05) is 23.2 Å². The highest BCUT2D eigenvalue weighted by atomic mass is 35.7. The zero-order valence-electron chi connectivity index (χ0n) is 9.73. The average molecular weight is 344 g/mol. The van der Waals surface area contributed by atoms with E-state index in [9.17, 15) is 13.2 Å². The molecule has 0 aliphatic carbocycles. The number of rotatable bonds is 2. The fraction of sp³-hybridized carbons (Fsp3) is 0.400. The maximum absolute atomic E-state index is 11.9. The number of aryl methyl sites for hydroxylation is 1. The molecule has 1 aromatic heterocycles. The highest BCUT2D eigenvalue weighted by Gasteiger charge is 2.39. The number of carbonyl (C=O) groups excluding carboxylic acids is 1. The first-order valence-corrected chi connectivity index (χ1v) is 8.39. The standard InChI is InChI=1S/C10H9Cl3N2O3S/c1-5-7(11)3-8(12)10(14-5)15-4-6(2-9(15)16)19(13,17)18/h3,6H,2,4H2,1H3. The van der Waals surface area contributed by atoms with Crippen LogP contribution in [0.1, 0.15) is 12.1 Å². The maximum Gasteiger partial charge on any atom is 0.237 e. The molecule has 1 aliphatic rings. The lowest BCUT2D eigenvalue weighted by Crippen LogP contribution is -2.28. The highest BCUT2D eigenvalue weighted by molar-refractivity contribution is 8.14. The molecule has 5 nitrogen and oxygen atoms in total. The second kappa shape index (κ2) is 5.09. The Morgan fingerprint density at radius 3 is 2.53 bits per heavy atom. The van der Waals surface area contributed by atoms with E-state index in [0.29, 0.717) is 10.7 Å². The SMILES string of the molecule is Cc1nc(N2CC(S(=O)(=O)Cl)CC2=O)c(Cl)cc1Cl. The van der Waals surface area contributed by atoms with Crippen LogP contribution in [0.3, 0.4) is 0 Å². The molecule has 1 unspecified atom stereocenters. The molecule has 1 saturated heterocycles. The predicted molar refractivity (Wildman–Crippen MR) is 74.5 cm³/mol. The van der Waals surface area contributed by atoms with Crippen molar-refractivity contribution in [2.24, 2.45) is 0 Å². The Labute approximate surface area is 124 Å². The summed E-state index contributed by atoms with van der Waals surface area (Å²) in [4.78, 5) is 17.2. The van der Waals surface area contributed by atoms with Crippen molar-refractivity contribution in [3.05, 3.63) is 21.8 Å². The molecule has 0 saturated carbocycles. The molecule has 2 rings (SSSR count). The van der Waals surface area contributed by atoms with Crippen LogP contribution >= 0.6 is 33.9 Å². The number of hydrogen-bond acceptors (Lipinski definition) is 4. The van der Waals surface area contributed by atoms with Crippen LogP contribution in [0, 0.1) is 6.92 Å². The molecule has 0 spiro atoms.